The summed E-state index contributed by atoms with van der Waals surface area (Å²) in [5.41, 5.74) is 1.90. The van der Waals surface area contributed by atoms with Crippen LogP contribution in [0.25, 0.3) is 16.6 Å². The molecule has 0 bridgehead atoms. The minimum atomic E-state index is 0. The molecular formula is C10H7N3Te. The molecule has 0 N–H and O–H groups in total. The van der Waals surface area contributed by atoms with Gasteiger partial charge in [0.05, 0.1) is 5.52 Å². The summed E-state index contributed by atoms with van der Waals surface area (Å²) in [4.78, 5) is 4.27. The molecule has 0 unspecified atom stereocenters. The number of hydrogen-bond acceptors (Lipinski definition) is 2. The maximum Gasteiger partial charge on any atom is 0.162 e. The van der Waals surface area contributed by atoms with Crippen molar-refractivity contribution >= 4 is 40.2 Å². The molecule has 0 fully saturated rings. The van der Waals surface area contributed by atoms with E-state index in [4.69, 9.17) is 0 Å². The molecule has 0 aliphatic rings. The normalized spacial score (nSPS) is 10.3. The van der Waals surface area contributed by atoms with Crippen LogP contribution in [0, 0.1) is 0 Å². The summed E-state index contributed by atoms with van der Waals surface area (Å²) >= 11 is 0. The first-order valence-corrected chi connectivity index (χ1v) is 4.13. The van der Waals surface area contributed by atoms with Gasteiger partial charge in [-0.05, 0) is 18.2 Å². The van der Waals surface area contributed by atoms with Crippen LogP contribution in [0.2, 0.25) is 0 Å². The Morgan fingerprint density at radius 1 is 1.07 bits per heavy atom. The van der Waals surface area contributed by atoms with E-state index < -0.39 is 0 Å². The third-order valence-corrected chi connectivity index (χ3v) is 2.09. The molecule has 0 spiro atoms. The van der Waals surface area contributed by atoms with Gasteiger partial charge in [-0.25, -0.2) is 9.50 Å². The van der Waals surface area contributed by atoms with Gasteiger partial charge >= 0.3 is 0 Å². The van der Waals surface area contributed by atoms with E-state index in [2.05, 4.69) is 10.1 Å². The van der Waals surface area contributed by atoms with Crippen molar-refractivity contribution in [1.82, 2.24) is 14.6 Å². The van der Waals surface area contributed by atoms with Crippen LogP contribution in [0.15, 0.2) is 42.7 Å². The molecule has 3 nitrogen and oxygen atoms in total. The predicted octanol–water partition coefficient (Wildman–Crippen LogP) is 1.50. The quantitative estimate of drug-likeness (QED) is 0.589. The number of rotatable bonds is 0. The minimum Gasteiger partial charge on any atom is -0.236 e. The SMILES string of the molecule is [Te].c1ccc2c(c1)nn1cccnc21. The van der Waals surface area contributed by atoms with Gasteiger partial charge < -0.3 is 0 Å². The van der Waals surface area contributed by atoms with Gasteiger partial charge in [0.1, 0.15) is 0 Å². The first-order chi connectivity index (χ1) is 6.45. The van der Waals surface area contributed by atoms with Crippen LogP contribution >= 0.6 is 0 Å². The summed E-state index contributed by atoms with van der Waals surface area (Å²) in [6.45, 7) is 0. The van der Waals surface area contributed by atoms with E-state index in [1.165, 1.54) is 0 Å². The second-order valence-electron chi connectivity index (χ2n) is 2.91. The Morgan fingerprint density at radius 3 is 2.86 bits per heavy atom. The van der Waals surface area contributed by atoms with E-state index in [0.29, 0.717) is 0 Å². The summed E-state index contributed by atoms with van der Waals surface area (Å²) in [5.74, 6) is 0. The molecule has 2 radical (unpaired) electrons. The van der Waals surface area contributed by atoms with E-state index >= 15 is 0 Å². The van der Waals surface area contributed by atoms with Crippen molar-refractivity contribution in [2.45, 2.75) is 0 Å². The largest absolute Gasteiger partial charge is 0.236 e. The molecule has 0 aliphatic carbocycles. The van der Waals surface area contributed by atoms with Crippen molar-refractivity contribution in [3.63, 3.8) is 0 Å². The molecule has 0 saturated heterocycles. The maximum atomic E-state index is 4.37. The predicted molar refractivity (Wildman–Crippen MR) is 56.2 cm³/mol. The van der Waals surface area contributed by atoms with Crippen molar-refractivity contribution in [3.8, 4) is 0 Å². The van der Waals surface area contributed by atoms with Crippen LogP contribution in [0.4, 0.5) is 0 Å². The zero-order chi connectivity index (χ0) is 8.67. The standard InChI is InChI=1S/C10H7N3.Te/c1-2-5-9-8(4-1)10-11-6-3-7-13(10)12-9;/h1-7H;. The molecule has 4 heteroatoms. The Balaban J connectivity index is 0.000000750. The zero-order valence-electron chi connectivity index (χ0n) is 7.29. The molecule has 0 aliphatic heterocycles. The van der Waals surface area contributed by atoms with Crippen molar-refractivity contribution < 1.29 is 0 Å². The summed E-state index contributed by atoms with van der Waals surface area (Å²) in [5, 5.41) is 5.47. The summed E-state index contributed by atoms with van der Waals surface area (Å²) in [7, 11) is 0. The van der Waals surface area contributed by atoms with Crippen molar-refractivity contribution in [1.29, 1.82) is 0 Å². The molecule has 3 rings (SSSR count). The third-order valence-electron chi connectivity index (χ3n) is 2.09. The number of benzene rings is 1. The Bertz CT molecular complexity index is 523. The molecule has 2 aromatic heterocycles. The van der Waals surface area contributed by atoms with Gasteiger partial charge in [-0.1, -0.05) is 12.1 Å². The maximum absolute atomic E-state index is 4.37. The van der Waals surface area contributed by atoms with Gasteiger partial charge in [0, 0.05) is 41.4 Å². The fourth-order valence-corrected chi connectivity index (χ4v) is 1.50. The van der Waals surface area contributed by atoms with Crippen LogP contribution in [-0.2, 0) is 0 Å². The minimum absolute atomic E-state index is 0. The number of fused-ring (bicyclic) bond motifs is 3. The van der Waals surface area contributed by atoms with Crippen LogP contribution in [0.5, 0.6) is 0 Å². The van der Waals surface area contributed by atoms with Crippen molar-refractivity contribution in [3.05, 3.63) is 42.7 Å². The second kappa shape index (κ2) is 3.56. The summed E-state index contributed by atoms with van der Waals surface area (Å²) in [6.07, 6.45) is 3.69. The molecule has 3 aromatic rings. The van der Waals surface area contributed by atoms with Gasteiger partial charge in [0.2, 0.25) is 0 Å². The molecule has 1 aromatic carbocycles. The van der Waals surface area contributed by atoms with Crippen molar-refractivity contribution in [2.24, 2.45) is 0 Å². The fourth-order valence-electron chi connectivity index (χ4n) is 1.50. The van der Waals surface area contributed by atoms with Gasteiger partial charge in [0.25, 0.3) is 0 Å². The monoisotopic (exact) mass is 299 g/mol. The smallest absolute Gasteiger partial charge is 0.162 e. The fraction of sp³-hybridized carbons (Fsp3) is 0. The van der Waals surface area contributed by atoms with E-state index in [-0.39, 0.29) is 23.7 Å². The van der Waals surface area contributed by atoms with E-state index in [1.54, 1.807) is 10.7 Å². The molecular weight excluding hydrogens is 290 g/mol. The number of hydrogen-bond donors (Lipinski definition) is 0. The van der Waals surface area contributed by atoms with E-state index in [9.17, 15) is 0 Å². The average Bonchev–Trinajstić information content (AvgIpc) is 2.56. The van der Waals surface area contributed by atoms with Crippen molar-refractivity contribution in [2.75, 3.05) is 0 Å². The van der Waals surface area contributed by atoms with Crippen LogP contribution < -0.4 is 0 Å². The van der Waals surface area contributed by atoms with Crippen LogP contribution in [0.3, 0.4) is 0 Å². The van der Waals surface area contributed by atoms with E-state index in [0.717, 1.165) is 16.6 Å². The summed E-state index contributed by atoms with van der Waals surface area (Å²) < 4.78 is 1.80. The molecule has 0 atom stereocenters. The first-order valence-electron chi connectivity index (χ1n) is 4.13. The molecule has 0 saturated carbocycles. The number of nitrogens with zero attached hydrogens (tertiary/aromatic N) is 3. The van der Waals surface area contributed by atoms with E-state index in [1.807, 2.05) is 36.5 Å². The van der Waals surface area contributed by atoms with Gasteiger partial charge in [-0.3, -0.25) is 0 Å². The Labute approximate surface area is 97.5 Å². The number of aromatic nitrogens is 3. The Kier molecular flexibility index (Phi) is 2.40. The van der Waals surface area contributed by atoms with Crippen LogP contribution in [-0.4, -0.2) is 38.3 Å². The van der Waals surface area contributed by atoms with Gasteiger partial charge in [0.15, 0.2) is 5.65 Å². The molecule has 0 amide bonds. The molecule has 2 heterocycles. The Hall–Kier alpha value is -1.11. The first kappa shape index (κ1) is 9.44. The third kappa shape index (κ3) is 1.28. The Morgan fingerprint density at radius 2 is 1.93 bits per heavy atom. The molecule has 14 heavy (non-hydrogen) atoms. The topological polar surface area (TPSA) is 30.2 Å². The average molecular weight is 297 g/mol. The zero-order valence-corrected chi connectivity index (χ0v) is 9.62. The van der Waals surface area contributed by atoms with Crippen LogP contribution in [0.1, 0.15) is 0 Å². The molecule has 68 valence electrons. The van der Waals surface area contributed by atoms with Gasteiger partial charge in [-0.15, -0.1) is 0 Å². The summed E-state index contributed by atoms with van der Waals surface area (Å²) in [6, 6.07) is 9.88. The second-order valence-corrected chi connectivity index (χ2v) is 2.91. The van der Waals surface area contributed by atoms with Gasteiger partial charge in [-0.2, -0.15) is 5.10 Å².